The van der Waals surface area contributed by atoms with Crippen LogP contribution in [-0.4, -0.2) is 36.3 Å². The minimum atomic E-state index is 0.510. The van der Waals surface area contributed by atoms with Crippen LogP contribution >= 0.6 is 11.8 Å². The highest BCUT2D eigenvalue weighted by Crippen LogP contribution is 2.36. The van der Waals surface area contributed by atoms with E-state index in [-0.39, 0.29) is 0 Å². The summed E-state index contributed by atoms with van der Waals surface area (Å²) in [7, 11) is 0. The van der Waals surface area contributed by atoms with E-state index in [1.54, 1.807) is 0 Å². The molecule has 0 aromatic rings. The van der Waals surface area contributed by atoms with Gasteiger partial charge in [-0.1, -0.05) is 0 Å². The predicted molar refractivity (Wildman–Crippen MR) is 66.6 cm³/mol. The molecule has 15 heavy (non-hydrogen) atoms. The van der Waals surface area contributed by atoms with Crippen LogP contribution in [0.2, 0.25) is 0 Å². The average Bonchev–Trinajstić information content (AvgIpc) is 2.84. The van der Waals surface area contributed by atoms with Gasteiger partial charge in [-0.05, 0) is 51.3 Å². The van der Waals surface area contributed by atoms with E-state index >= 15 is 0 Å². The first-order valence-electron chi connectivity index (χ1n) is 6.25. The van der Waals surface area contributed by atoms with Crippen LogP contribution in [0.15, 0.2) is 0 Å². The molecule has 3 heteroatoms. The van der Waals surface area contributed by atoms with E-state index in [1.165, 1.54) is 44.4 Å². The van der Waals surface area contributed by atoms with Gasteiger partial charge in [0.25, 0.3) is 0 Å². The van der Waals surface area contributed by atoms with Crippen molar-refractivity contribution in [3.05, 3.63) is 0 Å². The fourth-order valence-corrected chi connectivity index (χ4v) is 3.74. The van der Waals surface area contributed by atoms with E-state index in [0.717, 1.165) is 13.2 Å². The highest BCUT2D eigenvalue weighted by molar-refractivity contribution is 8.00. The Bertz CT molecular complexity index is 186. The van der Waals surface area contributed by atoms with E-state index in [2.05, 4.69) is 24.0 Å². The summed E-state index contributed by atoms with van der Waals surface area (Å²) in [4.78, 5) is 0. The monoisotopic (exact) mass is 229 g/mol. The zero-order chi connectivity index (χ0) is 10.6. The summed E-state index contributed by atoms with van der Waals surface area (Å²) in [5, 5.41) is 3.59. The molecule has 2 aliphatic rings. The second-order valence-corrected chi connectivity index (χ2v) is 6.68. The van der Waals surface area contributed by atoms with Crippen LogP contribution in [0.3, 0.4) is 0 Å². The van der Waals surface area contributed by atoms with Crippen molar-refractivity contribution in [2.75, 3.05) is 25.4 Å². The lowest BCUT2D eigenvalue weighted by atomic mass is 10.1. The highest BCUT2D eigenvalue weighted by Gasteiger charge is 2.28. The van der Waals surface area contributed by atoms with Gasteiger partial charge in [-0.15, -0.1) is 0 Å². The van der Waals surface area contributed by atoms with Gasteiger partial charge in [0.1, 0.15) is 0 Å². The van der Waals surface area contributed by atoms with E-state index in [0.29, 0.717) is 10.9 Å². The summed E-state index contributed by atoms with van der Waals surface area (Å²) in [6, 6.07) is 0. The molecule has 0 bridgehead atoms. The third kappa shape index (κ3) is 3.65. The largest absolute Gasteiger partial charge is 0.378 e. The summed E-state index contributed by atoms with van der Waals surface area (Å²) in [6.07, 6.45) is 7.05. The maximum absolute atomic E-state index is 5.60. The minimum Gasteiger partial charge on any atom is -0.378 e. The maximum Gasteiger partial charge on any atom is 0.0588 e. The Hall–Kier alpha value is 0.270. The topological polar surface area (TPSA) is 21.3 Å². The smallest absolute Gasteiger partial charge is 0.0588 e. The van der Waals surface area contributed by atoms with Gasteiger partial charge in [0.15, 0.2) is 0 Å². The first-order chi connectivity index (χ1) is 7.29. The van der Waals surface area contributed by atoms with Crippen LogP contribution in [-0.2, 0) is 4.74 Å². The zero-order valence-electron chi connectivity index (χ0n) is 9.76. The molecular formula is C12H23NOS. The van der Waals surface area contributed by atoms with Gasteiger partial charge in [-0.2, -0.15) is 11.8 Å². The summed E-state index contributed by atoms with van der Waals surface area (Å²) < 4.78 is 6.12. The Labute approximate surface area is 97.5 Å². The van der Waals surface area contributed by atoms with Gasteiger partial charge < -0.3 is 10.1 Å². The lowest BCUT2D eigenvalue weighted by molar-refractivity contribution is 0.104. The number of nitrogens with one attached hydrogen (secondary N) is 1. The fraction of sp³-hybridized carbons (Fsp3) is 1.00. The van der Waals surface area contributed by atoms with Gasteiger partial charge in [0.05, 0.1) is 6.10 Å². The predicted octanol–water partition coefficient (Wildman–Crippen LogP) is 2.43. The van der Waals surface area contributed by atoms with E-state index in [9.17, 15) is 0 Å². The van der Waals surface area contributed by atoms with Crippen LogP contribution in [0.4, 0.5) is 0 Å². The van der Waals surface area contributed by atoms with Crippen molar-refractivity contribution in [1.29, 1.82) is 0 Å². The van der Waals surface area contributed by atoms with Crippen molar-refractivity contribution in [2.45, 2.75) is 49.9 Å². The molecule has 2 rings (SSSR count). The van der Waals surface area contributed by atoms with Crippen LogP contribution in [0.25, 0.3) is 0 Å². The van der Waals surface area contributed by atoms with E-state index in [1.807, 2.05) is 0 Å². The molecule has 0 amide bonds. The van der Waals surface area contributed by atoms with Gasteiger partial charge in [-0.25, -0.2) is 0 Å². The summed E-state index contributed by atoms with van der Waals surface area (Å²) in [6.45, 7) is 5.67. The van der Waals surface area contributed by atoms with Gasteiger partial charge in [0.2, 0.25) is 0 Å². The molecule has 2 fully saturated rings. The summed E-state index contributed by atoms with van der Waals surface area (Å²) >= 11 is 2.13. The second-order valence-electron chi connectivity index (χ2n) is 5.00. The lowest BCUT2D eigenvalue weighted by Crippen LogP contribution is -2.34. The van der Waals surface area contributed by atoms with Crippen LogP contribution in [0, 0.1) is 0 Å². The number of rotatable bonds is 5. The van der Waals surface area contributed by atoms with Crippen molar-refractivity contribution in [1.82, 2.24) is 5.32 Å². The fourth-order valence-electron chi connectivity index (χ4n) is 2.46. The Morgan fingerprint density at radius 1 is 1.47 bits per heavy atom. The normalized spacial score (nSPS) is 36.2. The third-order valence-corrected chi connectivity index (χ3v) is 5.00. The molecular weight excluding hydrogens is 206 g/mol. The van der Waals surface area contributed by atoms with Crippen molar-refractivity contribution in [3.8, 4) is 0 Å². The molecule has 0 saturated carbocycles. The number of thioether (sulfide) groups is 1. The average molecular weight is 229 g/mol. The van der Waals surface area contributed by atoms with Crippen molar-refractivity contribution < 1.29 is 4.74 Å². The van der Waals surface area contributed by atoms with Crippen LogP contribution in [0.1, 0.15) is 39.0 Å². The Morgan fingerprint density at radius 3 is 3.07 bits per heavy atom. The number of ether oxygens (including phenoxy) is 1. The highest BCUT2D eigenvalue weighted by atomic mass is 32.2. The van der Waals surface area contributed by atoms with Crippen LogP contribution < -0.4 is 5.32 Å². The second kappa shape index (κ2) is 5.55. The Balaban J connectivity index is 1.54. The quantitative estimate of drug-likeness (QED) is 0.732. The SMILES string of the molecule is CC1(CNCCC2CCCO2)CCCS1. The minimum absolute atomic E-state index is 0.510. The molecule has 2 nitrogen and oxygen atoms in total. The molecule has 0 aromatic heterocycles. The molecule has 2 saturated heterocycles. The number of hydrogen-bond acceptors (Lipinski definition) is 3. The van der Waals surface area contributed by atoms with E-state index < -0.39 is 0 Å². The lowest BCUT2D eigenvalue weighted by Gasteiger charge is -2.23. The Kier molecular flexibility index (Phi) is 4.35. The van der Waals surface area contributed by atoms with Crippen LogP contribution in [0.5, 0.6) is 0 Å². The zero-order valence-corrected chi connectivity index (χ0v) is 10.6. The Morgan fingerprint density at radius 2 is 2.40 bits per heavy atom. The molecule has 0 radical (unpaired) electrons. The summed E-state index contributed by atoms with van der Waals surface area (Å²) in [5.41, 5.74) is 0. The molecule has 0 aliphatic carbocycles. The van der Waals surface area contributed by atoms with Crippen molar-refractivity contribution >= 4 is 11.8 Å². The van der Waals surface area contributed by atoms with Gasteiger partial charge in [-0.3, -0.25) is 0 Å². The first-order valence-corrected chi connectivity index (χ1v) is 7.23. The molecule has 2 aliphatic heterocycles. The molecule has 2 unspecified atom stereocenters. The molecule has 0 aromatic carbocycles. The standard InChI is InChI=1S/C12H23NOS/c1-12(6-3-9-15-12)10-13-7-5-11-4-2-8-14-11/h11,13H,2-10H2,1H3. The van der Waals surface area contributed by atoms with E-state index in [4.69, 9.17) is 4.74 Å². The molecule has 2 atom stereocenters. The molecule has 0 spiro atoms. The number of hydrogen-bond donors (Lipinski definition) is 1. The van der Waals surface area contributed by atoms with Crippen molar-refractivity contribution in [3.63, 3.8) is 0 Å². The molecule has 88 valence electrons. The molecule has 1 N–H and O–H groups in total. The third-order valence-electron chi connectivity index (χ3n) is 3.47. The van der Waals surface area contributed by atoms with Crippen molar-refractivity contribution in [2.24, 2.45) is 0 Å². The first kappa shape index (κ1) is 11.7. The van der Waals surface area contributed by atoms with Gasteiger partial charge >= 0.3 is 0 Å². The molecule has 2 heterocycles. The maximum atomic E-state index is 5.60. The van der Waals surface area contributed by atoms with Gasteiger partial charge in [0, 0.05) is 17.9 Å². The summed E-state index contributed by atoms with van der Waals surface area (Å²) in [5.74, 6) is 1.35.